The molecular formula is C19H23Cl2N3O. The molecule has 4 nitrogen and oxygen atoms in total. The van der Waals surface area contributed by atoms with E-state index in [1.165, 1.54) is 0 Å². The highest BCUT2D eigenvalue weighted by Gasteiger charge is 2.27. The number of aryl methyl sites for hydroxylation is 1. The van der Waals surface area contributed by atoms with Crippen molar-refractivity contribution in [1.29, 1.82) is 0 Å². The molecule has 1 aliphatic heterocycles. The monoisotopic (exact) mass is 379 g/mol. The Morgan fingerprint density at radius 1 is 1.24 bits per heavy atom. The van der Waals surface area contributed by atoms with Gasteiger partial charge in [0.05, 0.1) is 22.8 Å². The zero-order chi connectivity index (χ0) is 18.2. The van der Waals surface area contributed by atoms with Crippen LogP contribution in [0.4, 0.5) is 5.82 Å². The molecule has 1 aromatic carbocycles. The van der Waals surface area contributed by atoms with E-state index in [1.807, 2.05) is 25.1 Å². The minimum atomic E-state index is -0.0934. The van der Waals surface area contributed by atoms with Crippen LogP contribution in [-0.2, 0) is 0 Å². The van der Waals surface area contributed by atoms with Crippen LogP contribution in [0.3, 0.4) is 0 Å². The van der Waals surface area contributed by atoms with Gasteiger partial charge in [-0.05, 0) is 32.8 Å². The van der Waals surface area contributed by atoms with Crippen LogP contribution < -0.4 is 15.4 Å². The van der Waals surface area contributed by atoms with E-state index < -0.39 is 0 Å². The molecule has 134 valence electrons. The first-order valence-electron chi connectivity index (χ1n) is 8.36. The van der Waals surface area contributed by atoms with Crippen molar-refractivity contribution in [2.75, 3.05) is 25.1 Å². The normalized spacial score (nSPS) is 16.8. The first-order chi connectivity index (χ1) is 11.8. The molecule has 0 radical (unpaired) electrons. The number of methoxy groups -OCH3 is 1. The van der Waals surface area contributed by atoms with Crippen LogP contribution >= 0.6 is 23.2 Å². The van der Waals surface area contributed by atoms with Crippen LogP contribution in [0.15, 0.2) is 24.3 Å². The Morgan fingerprint density at radius 3 is 2.56 bits per heavy atom. The van der Waals surface area contributed by atoms with E-state index >= 15 is 0 Å². The Balaban J connectivity index is 2.01. The van der Waals surface area contributed by atoms with Gasteiger partial charge in [0.2, 0.25) is 0 Å². The fourth-order valence-electron chi connectivity index (χ4n) is 3.22. The molecule has 1 aromatic heterocycles. The summed E-state index contributed by atoms with van der Waals surface area (Å²) in [6, 6.07) is 7.55. The van der Waals surface area contributed by atoms with Crippen LogP contribution in [0.1, 0.15) is 25.5 Å². The maximum absolute atomic E-state index is 6.41. The Labute approximate surface area is 158 Å². The molecule has 0 bridgehead atoms. The predicted octanol–water partition coefficient (Wildman–Crippen LogP) is 4.69. The van der Waals surface area contributed by atoms with Gasteiger partial charge in [-0.15, -0.1) is 0 Å². The maximum atomic E-state index is 6.41. The van der Waals surface area contributed by atoms with E-state index in [0.717, 1.165) is 54.3 Å². The Hall–Kier alpha value is -1.49. The third-order valence-electron chi connectivity index (χ3n) is 4.82. The molecule has 1 fully saturated rings. The van der Waals surface area contributed by atoms with E-state index in [1.54, 1.807) is 13.2 Å². The van der Waals surface area contributed by atoms with Crippen LogP contribution in [0.5, 0.6) is 5.75 Å². The van der Waals surface area contributed by atoms with Gasteiger partial charge in [-0.2, -0.15) is 0 Å². The number of nitrogens with zero attached hydrogens (tertiary/aromatic N) is 2. The zero-order valence-corrected chi connectivity index (χ0v) is 16.3. The van der Waals surface area contributed by atoms with Crippen molar-refractivity contribution < 1.29 is 4.74 Å². The van der Waals surface area contributed by atoms with Gasteiger partial charge in [0.15, 0.2) is 0 Å². The third kappa shape index (κ3) is 3.71. The number of piperidine rings is 1. The third-order valence-corrected chi connectivity index (χ3v) is 5.64. The highest BCUT2D eigenvalue weighted by atomic mass is 35.5. The second-order valence-corrected chi connectivity index (χ2v) is 7.67. The molecular weight excluding hydrogens is 357 g/mol. The summed E-state index contributed by atoms with van der Waals surface area (Å²) in [5.41, 5.74) is 8.71. The summed E-state index contributed by atoms with van der Waals surface area (Å²) >= 11 is 12.6. The van der Waals surface area contributed by atoms with Crippen molar-refractivity contribution in [1.82, 2.24) is 4.98 Å². The number of nitrogens with two attached hydrogens (primary N) is 1. The Morgan fingerprint density at radius 2 is 1.92 bits per heavy atom. The van der Waals surface area contributed by atoms with E-state index in [2.05, 4.69) is 11.8 Å². The van der Waals surface area contributed by atoms with Gasteiger partial charge >= 0.3 is 0 Å². The predicted molar refractivity (Wildman–Crippen MR) is 105 cm³/mol. The molecule has 2 heterocycles. The lowest BCUT2D eigenvalue weighted by Crippen LogP contribution is -2.48. The number of rotatable bonds is 3. The van der Waals surface area contributed by atoms with E-state index in [4.69, 9.17) is 38.7 Å². The van der Waals surface area contributed by atoms with Crippen molar-refractivity contribution in [3.05, 3.63) is 40.0 Å². The fourth-order valence-corrected chi connectivity index (χ4v) is 3.62. The molecule has 2 aromatic rings. The number of benzene rings is 1. The molecule has 0 unspecified atom stereocenters. The molecule has 25 heavy (non-hydrogen) atoms. The molecule has 0 aliphatic carbocycles. The summed E-state index contributed by atoms with van der Waals surface area (Å²) in [6.07, 6.45) is 1.88. The van der Waals surface area contributed by atoms with Gasteiger partial charge in [0.25, 0.3) is 0 Å². The first kappa shape index (κ1) is 18.3. The minimum absolute atomic E-state index is 0.0934. The maximum Gasteiger partial charge on any atom is 0.132 e. The van der Waals surface area contributed by atoms with E-state index in [-0.39, 0.29) is 5.54 Å². The number of ether oxygens (including phenoxy) is 1. The molecule has 0 spiro atoms. The zero-order valence-electron chi connectivity index (χ0n) is 14.8. The van der Waals surface area contributed by atoms with Crippen LogP contribution in [0.2, 0.25) is 10.0 Å². The fraction of sp³-hybridized carbons (Fsp3) is 0.421. The lowest BCUT2D eigenvalue weighted by Gasteiger charge is -2.37. The first-order valence-corrected chi connectivity index (χ1v) is 9.12. The van der Waals surface area contributed by atoms with Gasteiger partial charge in [-0.1, -0.05) is 35.3 Å². The average Bonchev–Trinajstić information content (AvgIpc) is 2.57. The number of anilines is 1. The number of pyridine rings is 1. The van der Waals surface area contributed by atoms with Crippen molar-refractivity contribution in [3.8, 4) is 16.9 Å². The smallest absolute Gasteiger partial charge is 0.132 e. The van der Waals surface area contributed by atoms with Gasteiger partial charge in [-0.25, -0.2) is 4.98 Å². The number of halogens is 2. The van der Waals surface area contributed by atoms with Crippen LogP contribution in [-0.4, -0.2) is 30.7 Å². The van der Waals surface area contributed by atoms with Crippen molar-refractivity contribution >= 4 is 29.0 Å². The van der Waals surface area contributed by atoms with Crippen molar-refractivity contribution in [2.24, 2.45) is 5.73 Å². The average molecular weight is 380 g/mol. The summed E-state index contributed by atoms with van der Waals surface area (Å²) in [5, 5.41) is 1.03. The molecule has 0 saturated carbocycles. The Kier molecular flexibility index (Phi) is 5.14. The SMILES string of the molecule is COc1cc(N2CCC(C)(N)CC2)nc(C)c1-c1cccc(Cl)c1Cl. The summed E-state index contributed by atoms with van der Waals surface area (Å²) in [5.74, 6) is 1.65. The number of hydrogen-bond donors (Lipinski definition) is 1. The molecule has 1 saturated heterocycles. The summed E-state index contributed by atoms with van der Waals surface area (Å²) in [4.78, 5) is 7.06. The second-order valence-electron chi connectivity index (χ2n) is 6.89. The van der Waals surface area contributed by atoms with Crippen LogP contribution in [0, 0.1) is 6.92 Å². The quantitative estimate of drug-likeness (QED) is 0.839. The number of hydrogen-bond acceptors (Lipinski definition) is 4. The minimum Gasteiger partial charge on any atom is -0.496 e. The van der Waals surface area contributed by atoms with Crippen molar-refractivity contribution in [3.63, 3.8) is 0 Å². The lowest BCUT2D eigenvalue weighted by molar-refractivity contribution is 0.362. The highest BCUT2D eigenvalue weighted by molar-refractivity contribution is 6.43. The van der Waals surface area contributed by atoms with Crippen molar-refractivity contribution in [2.45, 2.75) is 32.2 Å². The molecule has 3 rings (SSSR count). The molecule has 6 heteroatoms. The number of aromatic nitrogens is 1. The largest absolute Gasteiger partial charge is 0.496 e. The van der Waals surface area contributed by atoms with E-state index in [0.29, 0.717) is 10.0 Å². The summed E-state index contributed by atoms with van der Waals surface area (Å²) in [6.45, 7) is 5.85. The van der Waals surface area contributed by atoms with Crippen LogP contribution in [0.25, 0.3) is 11.1 Å². The van der Waals surface area contributed by atoms with E-state index in [9.17, 15) is 0 Å². The standard InChI is InChI=1S/C19H23Cl2N3O/c1-12-17(13-5-4-6-14(20)18(13)21)15(25-3)11-16(23-12)24-9-7-19(2,22)8-10-24/h4-6,11H,7-10,22H2,1-3H3. The van der Waals surface area contributed by atoms with Gasteiger partial charge in [-0.3, -0.25) is 0 Å². The highest BCUT2D eigenvalue weighted by Crippen LogP contribution is 2.41. The van der Waals surface area contributed by atoms with Gasteiger partial charge in [0.1, 0.15) is 11.6 Å². The molecule has 0 amide bonds. The molecule has 2 N–H and O–H groups in total. The second kappa shape index (κ2) is 7.02. The summed E-state index contributed by atoms with van der Waals surface area (Å²) in [7, 11) is 1.66. The van der Waals surface area contributed by atoms with Gasteiger partial charge < -0.3 is 15.4 Å². The molecule has 0 atom stereocenters. The molecule has 1 aliphatic rings. The lowest BCUT2D eigenvalue weighted by atomic mass is 9.91. The van der Waals surface area contributed by atoms with Gasteiger partial charge in [0, 0.05) is 35.8 Å². The summed E-state index contributed by atoms with van der Waals surface area (Å²) < 4.78 is 5.65. The Bertz CT molecular complexity index is 782. The topological polar surface area (TPSA) is 51.4 Å².